The summed E-state index contributed by atoms with van der Waals surface area (Å²) in [5.41, 5.74) is 6.10. The second-order valence-electron chi connectivity index (χ2n) is 16.8. The van der Waals surface area contributed by atoms with Gasteiger partial charge in [-0.05, 0) is 66.8 Å². The number of hydrogen-bond acceptors (Lipinski definition) is 11. The predicted molar refractivity (Wildman–Crippen MR) is 254 cm³/mol. The van der Waals surface area contributed by atoms with Gasteiger partial charge in [0.05, 0.1) is 23.4 Å². The third kappa shape index (κ3) is 10.9. The van der Waals surface area contributed by atoms with Gasteiger partial charge in [-0.25, -0.2) is 42.5 Å². The van der Waals surface area contributed by atoms with Crippen molar-refractivity contribution in [1.29, 1.82) is 0 Å². The van der Waals surface area contributed by atoms with E-state index in [1.807, 2.05) is 10.6 Å². The van der Waals surface area contributed by atoms with E-state index in [9.17, 15) is 18.4 Å². The van der Waals surface area contributed by atoms with Gasteiger partial charge in [0.15, 0.2) is 5.65 Å². The molecule has 0 saturated carbocycles. The Labute approximate surface area is 398 Å². The third-order valence-electron chi connectivity index (χ3n) is 11.8. The van der Waals surface area contributed by atoms with Crippen LogP contribution in [0.15, 0.2) is 84.9 Å². The van der Waals surface area contributed by atoms with E-state index in [0.717, 1.165) is 25.0 Å². The summed E-state index contributed by atoms with van der Waals surface area (Å²) < 4.78 is 67.7. The Morgan fingerprint density at radius 1 is 0.706 bits per heavy atom. The van der Waals surface area contributed by atoms with E-state index >= 15 is 8.78 Å². The summed E-state index contributed by atoms with van der Waals surface area (Å²) in [5.74, 6) is -3.43. The Hall–Kier alpha value is -6.65. The summed E-state index contributed by atoms with van der Waals surface area (Å²) in [7, 11) is 0. The molecule has 0 spiro atoms. The molecule has 0 amide bonds. The van der Waals surface area contributed by atoms with Gasteiger partial charge in [-0.15, -0.1) is 12.4 Å². The van der Waals surface area contributed by atoms with Crippen molar-refractivity contribution in [3.63, 3.8) is 0 Å². The van der Waals surface area contributed by atoms with Crippen molar-refractivity contribution >= 4 is 47.0 Å². The Morgan fingerprint density at radius 3 is 1.82 bits per heavy atom. The summed E-state index contributed by atoms with van der Waals surface area (Å²) in [6.07, 6.45) is 12.6. The van der Waals surface area contributed by atoms with Gasteiger partial charge in [0.2, 0.25) is 0 Å². The van der Waals surface area contributed by atoms with E-state index < -0.39 is 23.3 Å². The number of Topliss-reactive ketones (excluding diaryl/α,β-unsaturated/α-hetero) is 2. The van der Waals surface area contributed by atoms with Crippen LogP contribution in [0.25, 0.3) is 33.7 Å². The highest BCUT2D eigenvalue weighted by Gasteiger charge is 2.25. The summed E-state index contributed by atoms with van der Waals surface area (Å²) in [6, 6.07) is 12.2. The summed E-state index contributed by atoms with van der Waals surface area (Å²) in [5, 5.41) is 0. The number of ether oxygens (including phenoxy) is 1. The number of carbonyl (C=O) groups is 2. The van der Waals surface area contributed by atoms with Crippen molar-refractivity contribution in [1.82, 2.24) is 39.5 Å². The normalized spacial score (nSPS) is 14.0. The lowest BCUT2D eigenvalue weighted by Crippen LogP contribution is -2.17. The van der Waals surface area contributed by atoms with Gasteiger partial charge in [0.1, 0.15) is 76.3 Å². The molecular weight excluding hydrogens is 898 g/mol. The number of ketones is 2. The van der Waals surface area contributed by atoms with Crippen molar-refractivity contribution in [2.75, 3.05) is 6.61 Å². The van der Waals surface area contributed by atoms with Crippen LogP contribution in [-0.2, 0) is 46.4 Å². The van der Waals surface area contributed by atoms with Crippen LogP contribution in [0.3, 0.4) is 0 Å². The van der Waals surface area contributed by atoms with Gasteiger partial charge < -0.3 is 4.74 Å². The topological polar surface area (TPSA) is 151 Å². The molecule has 17 heteroatoms. The Bertz CT molecular complexity index is 2970. The highest BCUT2D eigenvalue weighted by molar-refractivity contribution is 5.88. The molecule has 5 aromatic heterocycles. The number of imidazole rings is 1. The molecule has 354 valence electrons. The highest BCUT2D eigenvalue weighted by atomic mass is 35.5. The zero-order chi connectivity index (χ0) is 46.5. The fourth-order valence-corrected chi connectivity index (χ4v) is 7.92. The van der Waals surface area contributed by atoms with E-state index in [1.54, 1.807) is 70.8 Å². The molecular formula is C51H52ClF4N9O3. The average Bonchev–Trinajstić information content (AvgIpc) is 4.00. The first-order chi connectivity index (χ1) is 31.9. The molecule has 0 aliphatic carbocycles. The van der Waals surface area contributed by atoms with E-state index in [2.05, 4.69) is 39.9 Å². The number of rotatable bonds is 13. The smallest absolute Gasteiger partial charge is 0.165 e. The second-order valence-corrected chi connectivity index (χ2v) is 16.8. The number of halogens is 5. The number of aliphatic imine (C=N–C) groups is 1. The molecule has 0 bridgehead atoms. The van der Waals surface area contributed by atoms with Gasteiger partial charge >= 0.3 is 0 Å². The maximum absolute atomic E-state index is 15.4. The second kappa shape index (κ2) is 22.4. The number of pyridine rings is 2. The number of carbonyl (C=O) groups excluding carboxylic acids is 2. The zero-order valence-electron chi connectivity index (χ0n) is 37.3. The van der Waals surface area contributed by atoms with Crippen molar-refractivity contribution in [2.24, 2.45) is 16.8 Å². The maximum atomic E-state index is 15.4. The van der Waals surface area contributed by atoms with Gasteiger partial charge in [0.25, 0.3) is 0 Å². The van der Waals surface area contributed by atoms with Crippen LogP contribution in [0.1, 0.15) is 99.9 Å². The number of benzene rings is 2. The van der Waals surface area contributed by atoms with E-state index in [0.29, 0.717) is 63.8 Å². The number of hydrogen-bond donors (Lipinski definition) is 0. The lowest BCUT2D eigenvalue weighted by atomic mass is 9.95. The molecule has 2 aliphatic heterocycles. The van der Waals surface area contributed by atoms with Crippen molar-refractivity contribution < 1.29 is 31.9 Å². The molecule has 1 unspecified atom stereocenters. The van der Waals surface area contributed by atoms with Crippen LogP contribution in [0.2, 0.25) is 0 Å². The molecule has 12 nitrogen and oxygen atoms in total. The van der Waals surface area contributed by atoms with Crippen LogP contribution < -0.4 is 0 Å². The molecule has 0 N–H and O–H groups in total. The molecule has 7 heterocycles. The molecule has 2 aromatic carbocycles. The average molecular weight is 950 g/mol. The molecule has 7 aromatic rings. The summed E-state index contributed by atoms with van der Waals surface area (Å²) >= 11 is 0. The van der Waals surface area contributed by atoms with E-state index in [1.165, 1.54) is 36.9 Å². The van der Waals surface area contributed by atoms with Crippen LogP contribution in [0.4, 0.5) is 23.2 Å². The van der Waals surface area contributed by atoms with Crippen LogP contribution >= 0.6 is 12.4 Å². The monoisotopic (exact) mass is 949 g/mol. The first kappa shape index (κ1) is 50.8. The largest absolute Gasteiger partial charge is 0.358 e. The van der Waals surface area contributed by atoms with Crippen molar-refractivity contribution in [3.8, 4) is 22.5 Å². The third-order valence-corrected chi connectivity index (χ3v) is 11.8. The minimum Gasteiger partial charge on any atom is -0.358 e. The van der Waals surface area contributed by atoms with E-state index in [4.69, 9.17) is 4.74 Å². The SMILES string of the molecule is C.CC(C)C(=O)Cc1ccc(F)c(Cc2ncccc2-c2ncnc3c2N=CC3)c1F.CC(C)C(=O)Cc1ccc(F)c(Cc2ncccc2-c2ncnc3c2ncn3C2CCCCO2)c1F.Cl. The molecule has 1 fully saturated rings. The summed E-state index contributed by atoms with van der Waals surface area (Å²) in [6.45, 7) is 7.72. The zero-order valence-corrected chi connectivity index (χ0v) is 38.2. The predicted octanol–water partition coefficient (Wildman–Crippen LogP) is 10.7. The lowest BCUT2D eigenvalue weighted by Gasteiger charge is -2.23. The van der Waals surface area contributed by atoms with Gasteiger partial charge in [-0.3, -0.25) is 29.1 Å². The molecule has 0 radical (unpaired) electrons. The van der Waals surface area contributed by atoms with Crippen LogP contribution in [0, 0.1) is 35.1 Å². The molecule has 1 saturated heterocycles. The standard InChI is InChI=1S/C27H27F2N5O2.C23H20F2N4O.CH4.ClH/c1-16(2)22(35)12-17-8-9-20(28)19(24(17)29)13-21-18(6-5-10-30-21)25-26-27(32-14-31-25)34(15-33-26)23-7-3-4-11-36-23;1-13(2)20(30)10-14-5-6-17(24)16(21(14)25)11-19-15(4-3-8-26-19)22-23-18(7-9-27-23)28-12-29-22;;/h5-6,8-10,14-16,23H,3-4,7,11-13H2,1-2H3;3-6,8-9,12-13H,7,10-11H2,1-2H3;1H4;1H. The number of nitrogens with zero attached hydrogens (tertiary/aromatic N) is 9. The van der Waals surface area contributed by atoms with Crippen LogP contribution in [0.5, 0.6) is 0 Å². The molecule has 2 aliphatic rings. The quantitative estimate of drug-likeness (QED) is 0.102. The Morgan fingerprint density at radius 2 is 1.26 bits per heavy atom. The van der Waals surface area contributed by atoms with Gasteiger partial charge in [-0.2, -0.15) is 0 Å². The minimum atomic E-state index is -0.716. The van der Waals surface area contributed by atoms with E-state index in [-0.39, 0.29) is 97.4 Å². The number of fused-ring (bicyclic) bond motifs is 2. The van der Waals surface area contributed by atoms with Crippen molar-refractivity contribution in [3.05, 3.63) is 143 Å². The molecule has 9 rings (SSSR count). The molecule has 1 atom stereocenters. The fourth-order valence-electron chi connectivity index (χ4n) is 7.92. The number of aromatic nitrogens is 8. The van der Waals surface area contributed by atoms with Gasteiger partial charge in [-0.1, -0.05) is 47.3 Å². The highest BCUT2D eigenvalue weighted by Crippen LogP contribution is 2.36. The Kier molecular flexibility index (Phi) is 16.7. The maximum Gasteiger partial charge on any atom is 0.165 e. The summed E-state index contributed by atoms with van der Waals surface area (Å²) in [4.78, 5) is 59.5. The molecule has 68 heavy (non-hydrogen) atoms. The van der Waals surface area contributed by atoms with Gasteiger partial charge in [0, 0.05) is 91.4 Å². The first-order valence-corrected chi connectivity index (χ1v) is 21.9. The minimum absolute atomic E-state index is 0. The lowest BCUT2D eigenvalue weighted by molar-refractivity contribution is -0.122. The van der Waals surface area contributed by atoms with Crippen molar-refractivity contribution in [2.45, 2.75) is 92.7 Å². The fraction of sp³-hybridized carbons (Fsp3) is 0.333. The first-order valence-electron chi connectivity index (χ1n) is 21.9. The Balaban J connectivity index is 0.000000221. The van der Waals surface area contributed by atoms with Crippen LogP contribution in [-0.4, -0.2) is 63.8 Å².